The third kappa shape index (κ3) is 2.95. The molecule has 0 spiro atoms. The first kappa shape index (κ1) is 14.4. The molecule has 0 aliphatic heterocycles. The molecule has 2 aromatic heterocycles. The van der Waals surface area contributed by atoms with E-state index in [9.17, 15) is 0 Å². The van der Waals surface area contributed by atoms with E-state index in [0.717, 1.165) is 17.9 Å². The molecule has 0 fully saturated rings. The molecule has 0 aliphatic carbocycles. The van der Waals surface area contributed by atoms with E-state index < -0.39 is 0 Å². The minimum Gasteiger partial charge on any atom is -0.478 e. The minimum absolute atomic E-state index is 0. The number of hydrogen-bond acceptors (Lipinski definition) is 4. The van der Waals surface area contributed by atoms with Crippen LogP contribution in [-0.4, -0.2) is 26.7 Å². The van der Waals surface area contributed by atoms with Crippen molar-refractivity contribution >= 4 is 18.1 Å². The lowest BCUT2D eigenvalue weighted by Crippen LogP contribution is -2.07. The standard InChI is InChI=1S/C11H17N5O.ClH/c1-4-16-9(5-6-13-16)7-12-10-8-15(2)14-11(10)17-3;/h5-6,8,12H,4,7H2,1-3H3;1H. The highest BCUT2D eigenvalue weighted by Gasteiger charge is 2.08. The van der Waals surface area contributed by atoms with E-state index in [0.29, 0.717) is 12.4 Å². The predicted octanol–water partition coefficient (Wildman–Crippen LogP) is 1.68. The van der Waals surface area contributed by atoms with Crippen LogP contribution in [0.15, 0.2) is 18.5 Å². The summed E-state index contributed by atoms with van der Waals surface area (Å²) in [6.45, 7) is 3.64. The second kappa shape index (κ2) is 6.30. The SMILES string of the molecule is CCn1nccc1CNc1cn(C)nc1OC.Cl. The van der Waals surface area contributed by atoms with E-state index in [-0.39, 0.29) is 12.4 Å². The van der Waals surface area contributed by atoms with Gasteiger partial charge in [0.05, 0.1) is 25.5 Å². The molecule has 2 aromatic rings. The molecule has 1 N–H and O–H groups in total. The molecule has 100 valence electrons. The Labute approximate surface area is 112 Å². The molecule has 18 heavy (non-hydrogen) atoms. The lowest BCUT2D eigenvalue weighted by atomic mass is 10.4. The van der Waals surface area contributed by atoms with Crippen molar-refractivity contribution in [1.29, 1.82) is 0 Å². The Balaban J connectivity index is 0.00000162. The predicted molar refractivity (Wildman–Crippen MR) is 72.2 cm³/mol. The van der Waals surface area contributed by atoms with E-state index >= 15 is 0 Å². The highest BCUT2D eigenvalue weighted by molar-refractivity contribution is 5.85. The molecule has 0 saturated heterocycles. The zero-order valence-electron chi connectivity index (χ0n) is 10.8. The zero-order chi connectivity index (χ0) is 12.3. The van der Waals surface area contributed by atoms with Crippen LogP contribution < -0.4 is 10.1 Å². The van der Waals surface area contributed by atoms with Gasteiger partial charge in [-0.05, 0) is 13.0 Å². The number of anilines is 1. The summed E-state index contributed by atoms with van der Waals surface area (Å²) in [6, 6.07) is 2.00. The van der Waals surface area contributed by atoms with Gasteiger partial charge in [0.25, 0.3) is 5.88 Å². The number of aryl methyl sites for hydroxylation is 2. The first-order valence-corrected chi connectivity index (χ1v) is 5.56. The van der Waals surface area contributed by atoms with Crippen molar-refractivity contribution in [2.24, 2.45) is 7.05 Å². The van der Waals surface area contributed by atoms with Crippen molar-refractivity contribution in [3.05, 3.63) is 24.2 Å². The molecule has 0 amide bonds. The van der Waals surface area contributed by atoms with Crippen molar-refractivity contribution in [3.8, 4) is 5.88 Å². The number of halogens is 1. The molecule has 0 aromatic carbocycles. The molecule has 0 unspecified atom stereocenters. The first-order chi connectivity index (χ1) is 8.24. The zero-order valence-corrected chi connectivity index (χ0v) is 11.6. The van der Waals surface area contributed by atoms with Gasteiger partial charge < -0.3 is 10.1 Å². The molecular weight excluding hydrogens is 254 g/mol. The van der Waals surface area contributed by atoms with E-state index in [4.69, 9.17) is 4.74 Å². The number of methoxy groups -OCH3 is 1. The molecule has 2 heterocycles. The van der Waals surface area contributed by atoms with Gasteiger partial charge in [-0.25, -0.2) is 0 Å². The number of nitrogens with zero attached hydrogens (tertiary/aromatic N) is 4. The van der Waals surface area contributed by atoms with Gasteiger partial charge in [-0.1, -0.05) is 0 Å². The smallest absolute Gasteiger partial charge is 0.256 e. The minimum atomic E-state index is 0. The van der Waals surface area contributed by atoms with Gasteiger partial charge in [0.1, 0.15) is 5.69 Å². The van der Waals surface area contributed by atoms with Gasteiger partial charge in [-0.3, -0.25) is 9.36 Å². The largest absolute Gasteiger partial charge is 0.478 e. The fourth-order valence-corrected chi connectivity index (χ4v) is 1.72. The topological polar surface area (TPSA) is 56.9 Å². The monoisotopic (exact) mass is 271 g/mol. The molecule has 7 heteroatoms. The maximum Gasteiger partial charge on any atom is 0.256 e. The van der Waals surface area contributed by atoms with Gasteiger partial charge >= 0.3 is 0 Å². The van der Waals surface area contributed by atoms with Gasteiger partial charge in [0.2, 0.25) is 0 Å². The van der Waals surface area contributed by atoms with Crippen LogP contribution in [0.25, 0.3) is 0 Å². The van der Waals surface area contributed by atoms with E-state index in [2.05, 4.69) is 22.4 Å². The van der Waals surface area contributed by atoms with Crippen molar-refractivity contribution < 1.29 is 4.74 Å². The Bertz CT molecular complexity index is 493. The van der Waals surface area contributed by atoms with Gasteiger partial charge in [-0.15, -0.1) is 17.5 Å². The lowest BCUT2D eigenvalue weighted by Gasteiger charge is -2.07. The highest BCUT2D eigenvalue weighted by atomic mass is 35.5. The van der Waals surface area contributed by atoms with Crippen molar-refractivity contribution in [1.82, 2.24) is 19.6 Å². The van der Waals surface area contributed by atoms with Crippen LogP contribution in [0.3, 0.4) is 0 Å². The Morgan fingerprint density at radius 3 is 2.89 bits per heavy atom. The van der Waals surface area contributed by atoms with Gasteiger partial charge in [0, 0.05) is 19.8 Å². The van der Waals surface area contributed by atoms with E-state index in [1.165, 1.54) is 0 Å². The molecule has 0 atom stereocenters. The first-order valence-electron chi connectivity index (χ1n) is 5.56. The number of hydrogen-bond donors (Lipinski definition) is 1. The van der Waals surface area contributed by atoms with Crippen LogP contribution in [0.2, 0.25) is 0 Å². The second-order valence-corrected chi connectivity index (χ2v) is 3.72. The molecule has 2 rings (SSSR count). The number of rotatable bonds is 5. The summed E-state index contributed by atoms with van der Waals surface area (Å²) < 4.78 is 8.85. The van der Waals surface area contributed by atoms with Crippen molar-refractivity contribution in [2.75, 3.05) is 12.4 Å². The van der Waals surface area contributed by atoms with Crippen molar-refractivity contribution in [3.63, 3.8) is 0 Å². The van der Waals surface area contributed by atoms with Gasteiger partial charge in [-0.2, -0.15) is 5.10 Å². The molecule has 0 radical (unpaired) electrons. The van der Waals surface area contributed by atoms with Crippen LogP contribution in [0.4, 0.5) is 5.69 Å². The molecule has 0 bridgehead atoms. The Morgan fingerprint density at radius 2 is 2.22 bits per heavy atom. The summed E-state index contributed by atoms with van der Waals surface area (Å²) in [7, 11) is 3.48. The number of aromatic nitrogens is 4. The van der Waals surface area contributed by atoms with Crippen LogP contribution in [0, 0.1) is 0 Å². The van der Waals surface area contributed by atoms with Gasteiger partial charge in [0.15, 0.2) is 0 Å². The summed E-state index contributed by atoms with van der Waals surface area (Å²) in [6.07, 6.45) is 3.70. The maximum atomic E-state index is 5.18. The molecule has 0 saturated carbocycles. The summed E-state index contributed by atoms with van der Waals surface area (Å²) in [5.41, 5.74) is 2.03. The fraction of sp³-hybridized carbons (Fsp3) is 0.455. The lowest BCUT2D eigenvalue weighted by molar-refractivity contribution is 0.393. The summed E-state index contributed by atoms with van der Waals surface area (Å²) in [5, 5.41) is 11.7. The van der Waals surface area contributed by atoms with Crippen LogP contribution in [0.5, 0.6) is 5.88 Å². The van der Waals surface area contributed by atoms with Crippen LogP contribution in [0.1, 0.15) is 12.6 Å². The third-order valence-corrected chi connectivity index (χ3v) is 2.55. The summed E-state index contributed by atoms with van der Waals surface area (Å²) in [4.78, 5) is 0. The summed E-state index contributed by atoms with van der Waals surface area (Å²) >= 11 is 0. The molecular formula is C11H18ClN5O. The quantitative estimate of drug-likeness (QED) is 0.899. The maximum absolute atomic E-state index is 5.18. The molecule has 0 aliphatic rings. The number of nitrogens with one attached hydrogen (secondary N) is 1. The normalized spacial score (nSPS) is 9.94. The highest BCUT2D eigenvalue weighted by Crippen LogP contribution is 2.21. The van der Waals surface area contributed by atoms with Crippen LogP contribution >= 0.6 is 12.4 Å². The van der Waals surface area contributed by atoms with Crippen molar-refractivity contribution in [2.45, 2.75) is 20.0 Å². The second-order valence-electron chi connectivity index (χ2n) is 3.72. The average Bonchev–Trinajstić information content (AvgIpc) is 2.91. The third-order valence-electron chi connectivity index (χ3n) is 2.55. The Kier molecular flexibility index (Phi) is 5.03. The fourth-order valence-electron chi connectivity index (χ4n) is 1.72. The summed E-state index contributed by atoms with van der Waals surface area (Å²) in [5.74, 6) is 0.607. The average molecular weight is 272 g/mol. The Hall–Kier alpha value is -1.69. The van der Waals surface area contributed by atoms with Crippen LogP contribution in [-0.2, 0) is 20.1 Å². The number of ether oxygens (including phenoxy) is 1. The molecule has 6 nitrogen and oxygen atoms in total. The Morgan fingerprint density at radius 1 is 1.44 bits per heavy atom. The van der Waals surface area contributed by atoms with E-state index in [1.54, 1.807) is 18.0 Å². The van der Waals surface area contributed by atoms with E-state index in [1.807, 2.05) is 24.0 Å².